The molecule has 0 aliphatic carbocycles. The fourth-order valence-electron chi connectivity index (χ4n) is 0.981. The van der Waals surface area contributed by atoms with Crippen molar-refractivity contribution >= 4 is 17.9 Å². The van der Waals surface area contributed by atoms with Crippen molar-refractivity contribution in [1.82, 2.24) is 4.98 Å². The minimum Gasteiger partial charge on any atom is -0.389 e. The molecule has 0 spiro atoms. The topological polar surface area (TPSA) is 70.4 Å². The van der Waals surface area contributed by atoms with Crippen LogP contribution in [0.2, 0.25) is 0 Å². The van der Waals surface area contributed by atoms with E-state index in [0.29, 0.717) is 6.29 Å². The Bertz CT molecular complexity index is 319. The third-order valence-electron chi connectivity index (χ3n) is 1.74. The maximum atomic E-state index is 10.4. The van der Waals surface area contributed by atoms with E-state index in [1.54, 1.807) is 6.07 Å². The number of halogens is 1. The lowest BCUT2D eigenvalue weighted by molar-refractivity contribution is 0.0299. The summed E-state index contributed by atoms with van der Waals surface area (Å²) >= 11 is 5.36. The van der Waals surface area contributed by atoms with E-state index in [1.165, 1.54) is 12.1 Å². The number of aromatic nitrogens is 1. The number of nitrogens with zero attached hydrogens (tertiary/aromatic N) is 1. The molecule has 0 fully saturated rings. The van der Waals surface area contributed by atoms with Crippen molar-refractivity contribution in [3.63, 3.8) is 0 Å². The molecule has 1 aromatic rings. The van der Waals surface area contributed by atoms with Crippen LogP contribution in [0.1, 0.15) is 22.3 Å². The Morgan fingerprint density at radius 2 is 2.21 bits per heavy atom. The normalized spacial score (nSPS) is 14.8. The lowest BCUT2D eigenvalue weighted by atomic mass is 10.1. The molecule has 14 heavy (non-hydrogen) atoms. The summed E-state index contributed by atoms with van der Waals surface area (Å²) in [6.07, 6.45) is -1.66. The highest BCUT2D eigenvalue weighted by molar-refractivity contribution is 6.18. The molecule has 2 N–H and O–H groups in total. The number of rotatable bonds is 4. The number of carbonyl (C=O) groups is 1. The van der Waals surface area contributed by atoms with Crippen molar-refractivity contribution in [2.24, 2.45) is 0 Å². The molecule has 0 amide bonds. The number of carbonyl (C=O) groups excluding carboxylic acids is 1. The first-order valence-electron chi connectivity index (χ1n) is 4.03. The molecule has 1 heterocycles. The maximum Gasteiger partial charge on any atom is 0.168 e. The summed E-state index contributed by atoms with van der Waals surface area (Å²) in [7, 11) is 0. The van der Waals surface area contributed by atoms with E-state index >= 15 is 0 Å². The highest BCUT2D eigenvalue weighted by atomic mass is 35.5. The maximum absolute atomic E-state index is 10.4. The van der Waals surface area contributed by atoms with Gasteiger partial charge in [-0.1, -0.05) is 6.07 Å². The summed E-state index contributed by atoms with van der Waals surface area (Å²) in [5.41, 5.74) is 0.450. The zero-order valence-corrected chi connectivity index (χ0v) is 8.05. The molecule has 0 aromatic carbocycles. The zero-order valence-electron chi connectivity index (χ0n) is 7.30. The van der Waals surface area contributed by atoms with Crippen molar-refractivity contribution in [3.05, 3.63) is 29.6 Å². The number of aldehydes is 1. The van der Waals surface area contributed by atoms with Gasteiger partial charge < -0.3 is 10.2 Å². The fraction of sp³-hybridized carbons (Fsp3) is 0.333. The average Bonchev–Trinajstić information content (AvgIpc) is 2.27. The lowest BCUT2D eigenvalue weighted by Gasteiger charge is -2.14. The van der Waals surface area contributed by atoms with Crippen LogP contribution in [0.5, 0.6) is 0 Å². The van der Waals surface area contributed by atoms with E-state index in [9.17, 15) is 15.0 Å². The highest BCUT2D eigenvalue weighted by Gasteiger charge is 2.18. The number of hydrogen-bond acceptors (Lipinski definition) is 4. The average molecular weight is 216 g/mol. The Hall–Kier alpha value is -0.970. The van der Waals surface area contributed by atoms with Crippen LogP contribution in [0, 0.1) is 0 Å². The molecule has 76 valence electrons. The molecular formula is C9H10ClNO3. The SMILES string of the molecule is O=Cc1cccc(C(O)C(O)CCl)n1. The molecule has 1 rings (SSSR count). The van der Waals surface area contributed by atoms with Gasteiger partial charge in [0.25, 0.3) is 0 Å². The van der Waals surface area contributed by atoms with E-state index in [0.717, 1.165) is 0 Å². The smallest absolute Gasteiger partial charge is 0.168 e. The van der Waals surface area contributed by atoms with Crippen LogP contribution < -0.4 is 0 Å². The van der Waals surface area contributed by atoms with Crippen molar-refractivity contribution in [2.45, 2.75) is 12.2 Å². The number of aliphatic hydroxyl groups is 2. The van der Waals surface area contributed by atoms with Crippen LogP contribution in [-0.4, -0.2) is 33.5 Å². The van der Waals surface area contributed by atoms with E-state index in [4.69, 9.17) is 11.6 Å². The van der Waals surface area contributed by atoms with Gasteiger partial charge in [-0.2, -0.15) is 0 Å². The summed E-state index contributed by atoms with van der Waals surface area (Å²) in [6, 6.07) is 4.61. The number of alkyl halides is 1. The second kappa shape index (κ2) is 5.05. The molecule has 2 unspecified atom stereocenters. The molecule has 0 aliphatic rings. The van der Waals surface area contributed by atoms with Crippen LogP contribution in [0.3, 0.4) is 0 Å². The van der Waals surface area contributed by atoms with Crippen LogP contribution in [0.4, 0.5) is 0 Å². The van der Waals surface area contributed by atoms with E-state index in [2.05, 4.69) is 4.98 Å². The molecule has 0 aliphatic heterocycles. The molecule has 0 radical (unpaired) electrons. The first-order chi connectivity index (χ1) is 6.69. The summed E-state index contributed by atoms with van der Waals surface area (Å²) in [5, 5.41) is 18.7. The van der Waals surface area contributed by atoms with Gasteiger partial charge in [-0.05, 0) is 12.1 Å². The summed E-state index contributed by atoms with van der Waals surface area (Å²) < 4.78 is 0. The molecule has 5 heteroatoms. The first-order valence-corrected chi connectivity index (χ1v) is 4.56. The first kappa shape index (κ1) is 11.1. The Morgan fingerprint density at radius 1 is 1.50 bits per heavy atom. The molecule has 4 nitrogen and oxygen atoms in total. The third kappa shape index (κ3) is 2.51. The fourth-order valence-corrected chi connectivity index (χ4v) is 1.15. The van der Waals surface area contributed by atoms with Gasteiger partial charge in [-0.25, -0.2) is 4.98 Å². The van der Waals surface area contributed by atoms with Gasteiger partial charge in [0.05, 0.1) is 17.7 Å². The van der Waals surface area contributed by atoms with Crippen molar-refractivity contribution in [1.29, 1.82) is 0 Å². The zero-order chi connectivity index (χ0) is 10.6. The molecule has 0 bridgehead atoms. The summed E-state index contributed by atoms with van der Waals surface area (Å²) in [6.45, 7) is 0. The monoisotopic (exact) mass is 215 g/mol. The minimum absolute atomic E-state index is 0.0891. The minimum atomic E-state index is -1.16. The van der Waals surface area contributed by atoms with Crippen LogP contribution in [0.25, 0.3) is 0 Å². The predicted molar refractivity (Wildman–Crippen MR) is 51.3 cm³/mol. The Kier molecular flexibility index (Phi) is 4.00. The van der Waals surface area contributed by atoms with E-state index < -0.39 is 12.2 Å². The van der Waals surface area contributed by atoms with E-state index in [1.807, 2.05) is 0 Å². The van der Waals surface area contributed by atoms with Gasteiger partial charge >= 0.3 is 0 Å². The van der Waals surface area contributed by atoms with Gasteiger partial charge in [0, 0.05) is 0 Å². The van der Waals surface area contributed by atoms with Gasteiger partial charge in [-0.3, -0.25) is 4.79 Å². The van der Waals surface area contributed by atoms with Crippen molar-refractivity contribution in [3.8, 4) is 0 Å². The highest BCUT2D eigenvalue weighted by Crippen LogP contribution is 2.15. The van der Waals surface area contributed by atoms with Gasteiger partial charge in [0.15, 0.2) is 6.29 Å². The molecule has 1 aromatic heterocycles. The quantitative estimate of drug-likeness (QED) is 0.568. The predicted octanol–water partition coefficient (Wildman–Crippen LogP) is 0.527. The number of aliphatic hydroxyl groups excluding tert-OH is 2. The van der Waals surface area contributed by atoms with E-state index in [-0.39, 0.29) is 17.3 Å². The Labute approximate surface area is 86.2 Å². The molecule has 2 atom stereocenters. The largest absolute Gasteiger partial charge is 0.389 e. The lowest BCUT2D eigenvalue weighted by Crippen LogP contribution is -2.20. The van der Waals surface area contributed by atoms with Gasteiger partial charge in [0.1, 0.15) is 11.8 Å². The molecule has 0 saturated carbocycles. The molecule has 0 saturated heterocycles. The second-order valence-electron chi connectivity index (χ2n) is 2.77. The van der Waals surface area contributed by atoms with Gasteiger partial charge in [0.2, 0.25) is 0 Å². The number of pyridine rings is 1. The van der Waals surface area contributed by atoms with Crippen molar-refractivity contribution < 1.29 is 15.0 Å². The second-order valence-corrected chi connectivity index (χ2v) is 3.08. The van der Waals surface area contributed by atoms with Crippen molar-refractivity contribution in [2.75, 3.05) is 5.88 Å². The molecular weight excluding hydrogens is 206 g/mol. The third-order valence-corrected chi connectivity index (χ3v) is 2.05. The number of hydrogen-bond donors (Lipinski definition) is 2. The standard InChI is InChI=1S/C9H10ClNO3/c10-4-8(13)9(14)7-3-1-2-6(5-12)11-7/h1-3,5,8-9,13-14H,4H2. The van der Waals surface area contributed by atoms with Crippen LogP contribution in [-0.2, 0) is 0 Å². The van der Waals surface area contributed by atoms with Crippen LogP contribution in [0.15, 0.2) is 18.2 Å². The summed E-state index contributed by atoms with van der Waals surface area (Å²) in [4.78, 5) is 14.2. The Balaban J connectivity index is 2.89. The van der Waals surface area contributed by atoms with Crippen LogP contribution >= 0.6 is 11.6 Å². The summed E-state index contributed by atoms with van der Waals surface area (Å²) in [5.74, 6) is -0.0891. The van der Waals surface area contributed by atoms with Gasteiger partial charge in [-0.15, -0.1) is 11.6 Å². The Morgan fingerprint density at radius 3 is 2.79 bits per heavy atom.